The number of anilines is 1. The van der Waals surface area contributed by atoms with Gasteiger partial charge in [0.1, 0.15) is 4.90 Å². The van der Waals surface area contributed by atoms with Crippen molar-refractivity contribution in [3.63, 3.8) is 0 Å². The van der Waals surface area contributed by atoms with Crippen molar-refractivity contribution in [2.75, 3.05) is 18.4 Å². The van der Waals surface area contributed by atoms with Crippen LogP contribution in [-0.2, 0) is 24.3 Å². The molecular weight excluding hydrogens is 465 g/mol. The Morgan fingerprint density at radius 1 is 1.23 bits per heavy atom. The molecule has 2 aromatic rings. The van der Waals surface area contributed by atoms with Crippen molar-refractivity contribution < 1.29 is 22.7 Å². The highest BCUT2D eigenvalue weighted by atomic mass is 35.5. The number of rotatable bonds is 6. The van der Waals surface area contributed by atoms with Gasteiger partial charge in [-0.05, 0) is 50.1 Å². The molecular formula is C20H21Cl2N3O5S. The number of aromatic nitrogens is 1. The summed E-state index contributed by atoms with van der Waals surface area (Å²) in [5, 5.41) is 3.28. The van der Waals surface area contributed by atoms with E-state index in [1.165, 1.54) is 35.8 Å². The number of sulfonamides is 1. The largest absolute Gasteiger partial charge is 0.452 e. The molecule has 1 aliphatic heterocycles. The second-order valence-electron chi connectivity index (χ2n) is 7.06. The lowest BCUT2D eigenvalue weighted by atomic mass is 9.98. The van der Waals surface area contributed by atoms with Crippen molar-refractivity contribution in [1.82, 2.24) is 9.29 Å². The summed E-state index contributed by atoms with van der Waals surface area (Å²) in [6, 6.07) is 7.66. The highest BCUT2D eigenvalue weighted by molar-refractivity contribution is 7.89. The summed E-state index contributed by atoms with van der Waals surface area (Å²) in [5.41, 5.74) is 0.316. The number of benzene rings is 1. The predicted octanol–water partition coefficient (Wildman–Crippen LogP) is 3.36. The van der Waals surface area contributed by atoms with Gasteiger partial charge in [0.05, 0.1) is 16.6 Å². The summed E-state index contributed by atoms with van der Waals surface area (Å²) < 4.78 is 31.9. The topological polar surface area (TPSA) is 106 Å². The van der Waals surface area contributed by atoms with E-state index in [2.05, 4.69) is 10.3 Å². The lowest BCUT2D eigenvalue weighted by Gasteiger charge is -2.30. The summed E-state index contributed by atoms with van der Waals surface area (Å²) in [6.07, 6.45) is 2.33. The SMILES string of the molecule is CC(OC(=O)C1CCN(S(=O)(=O)c2cccnc2)CC1)C(=O)Nc1cc(Cl)ccc1Cl. The zero-order valence-corrected chi connectivity index (χ0v) is 19.0. The van der Waals surface area contributed by atoms with Crippen LogP contribution in [0.4, 0.5) is 5.69 Å². The average Bonchev–Trinajstić information content (AvgIpc) is 2.76. The fourth-order valence-electron chi connectivity index (χ4n) is 3.13. The number of hydrogen-bond acceptors (Lipinski definition) is 6. The molecule has 1 aromatic heterocycles. The standard InChI is InChI=1S/C20H21Cl2N3O5S/c1-13(19(26)24-18-11-15(21)4-5-17(18)22)30-20(27)14-6-9-25(10-7-14)31(28,29)16-3-2-8-23-12-16/h2-5,8,11-14H,6-7,9-10H2,1H3,(H,24,26). The van der Waals surface area contributed by atoms with Crippen LogP contribution in [0.1, 0.15) is 19.8 Å². The van der Waals surface area contributed by atoms with Gasteiger partial charge in [-0.3, -0.25) is 14.6 Å². The van der Waals surface area contributed by atoms with Crippen molar-refractivity contribution in [1.29, 1.82) is 0 Å². The molecule has 1 saturated heterocycles. The number of esters is 1. The molecule has 0 radical (unpaired) electrons. The molecule has 1 aromatic carbocycles. The number of carbonyl (C=O) groups excluding carboxylic acids is 2. The summed E-state index contributed by atoms with van der Waals surface area (Å²) in [7, 11) is -3.66. The van der Waals surface area contributed by atoms with E-state index < -0.39 is 33.9 Å². The van der Waals surface area contributed by atoms with Crippen LogP contribution in [0.5, 0.6) is 0 Å². The first-order valence-electron chi connectivity index (χ1n) is 9.55. The molecule has 1 amide bonds. The second kappa shape index (κ2) is 9.95. The van der Waals surface area contributed by atoms with E-state index in [-0.39, 0.29) is 18.0 Å². The van der Waals surface area contributed by atoms with Gasteiger partial charge in [-0.2, -0.15) is 4.31 Å². The molecule has 8 nitrogen and oxygen atoms in total. The van der Waals surface area contributed by atoms with Crippen LogP contribution in [0.25, 0.3) is 0 Å². The first-order chi connectivity index (χ1) is 14.7. The third kappa shape index (κ3) is 5.74. The summed E-state index contributed by atoms with van der Waals surface area (Å²) in [4.78, 5) is 28.8. The zero-order chi connectivity index (χ0) is 22.6. The first-order valence-corrected chi connectivity index (χ1v) is 11.7. The molecule has 0 spiro atoms. The molecule has 31 heavy (non-hydrogen) atoms. The van der Waals surface area contributed by atoms with Gasteiger partial charge in [-0.1, -0.05) is 23.2 Å². The third-order valence-corrected chi connectivity index (χ3v) is 7.35. The van der Waals surface area contributed by atoms with E-state index in [4.69, 9.17) is 27.9 Å². The van der Waals surface area contributed by atoms with E-state index in [1.54, 1.807) is 18.2 Å². The Hall–Kier alpha value is -2.20. The molecule has 0 saturated carbocycles. The molecule has 0 bridgehead atoms. The van der Waals surface area contributed by atoms with Crippen LogP contribution in [-0.4, -0.2) is 48.8 Å². The van der Waals surface area contributed by atoms with Gasteiger partial charge in [-0.25, -0.2) is 8.42 Å². The number of nitrogens with one attached hydrogen (secondary N) is 1. The molecule has 0 aliphatic carbocycles. The minimum Gasteiger partial charge on any atom is -0.452 e. The van der Waals surface area contributed by atoms with E-state index in [0.29, 0.717) is 28.6 Å². The van der Waals surface area contributed by atoms with E-state index >= 15 is 0 Å². The average molecular weight is 486 g/mol. The molecule has 1 fully saturated rings. The minimum atomic E-state index is -3.66. The Morgan fingerprint density at radius 3 is 2.58 bits per heavy atom. The number of amides is 1. The van der Waals surface area contributed by atoms with E-state index in [9.17, 15) is 18.0 Å². The number of carbonyl (C=O) groups is 2. The Balaban J connectivity index is 1.53. The normalized spacial score (nSPS) is 16.5. The number of pyridine rings is 1. The van der Waals surface area contributed by atoms with Crippen molar-refractivity contribution in [3.05, 3.63) is 52.8 Å². The number of nitrogens with zero attached hydrogens (tertiary/aromatic N) is 2. The van der Waals surface area contributed by atoms with Crippen LogP contribution < -0.4 is 5.32 Å². The lowest BCUT2D eigenvalue weighted by molar-refractivity contribution is -0.158. The van der Waals surface area contributed by atoms with Crippen LogP contribution in [0, 0.1) is 5.92 Å². The van der Waals surface area contributed by atoms with Crippen molar-refractivity contribution in [2.24, 2.45) is 5.92 Å². The molecule has 1 unspecified atom stereocenters. The predicted molar refractivity (Wildman–Crippen MR) is 116 cm³/mol. The van der Waals surface area contributed by atoms with Gasteiger partial charge in [0.2, 0.25) is 10.0 Å². The lowest BCUT2D eigenvalue weighted by Crippen LogP contribution is -2.41. The van der Waals surface area contributed by atoms with Crippen LogP contribution >= 0.6 is 23.2 Å². The van der Waals surface area contributed by atoms with Gasteiger partial charge in [0.15, 0.2) is 6.10 Å². The van der Waals surface area contributed by atoms with E-state index in [0.717, 1.165) is 0 Å². The maximum Gasteiger partial charge on any atom is 0.309 e. The van der Waals surface area contributed by atoms with Crippen molar-refractivity contribution in [3.8, 4) is 0 Å². The molecule has 3 rings (SSSR count). The molecule has 1 aliphatic rings. The third-order valence-electron chi connectivity index (χ3n) is 4.91. The van der Waals surface area contributed by atoms with Crippen molar-refractivity contribution >= 4 is 50.8 Å². The van der Waals surface area contributed by atoms with Crippen LogP contribution in [0.2, 0.25) is 10.0 Å². The highest BCUT2D eigenvalue weighted by Crippen LogP contribution is 2.27. The maximum absolute atomic E-state index is 12.7. The summed E-state index contributed by atoms with van der Waals surface area (Å²) in [5.74, 6) is -1.59. The maximum atomic E-state index is 12.7. The van der Waals surface area contributed by atoms with Gasteiger partial charge in [0, 0.05) is 30.5 Å². The zero-order valence-electron chi connectivity index (χ0n) is 16.6. The number of piperidine rings is 1. The Bertz CT molecular complexity index is 1060. The van der Waals surface area contributed by atoms with Crippen LogP contribution in [0.15, 0.2) is 47.6 Å². The number of hydrogen-bond donors (Lipinski definition) is 1. The second-order valence-corrected chi connectivity index (χ2v) is 9.84. The van der Waals surface area contributed by atoms with Crippen molar-refractivity contribution in [2.45, 2.75) is 30.8 Å². The van der Waals surface area contributed by atoms with Gasteiger partial charge in [-0.15, -0.1) is 0 Å². The Kier molecular flexibility index (Phi) is 7.53. The molecule has 1 atom stereocenters. The molecule has 11 heteroatoms. The van der Waals surface area contributed by atoms with Gasteiger partial charge >= 0.3 is 5.97 Å². The monoisotopic (exact) mass is 485 g/mol. The fraction of sp³-hybridized carbons (Fsp3) is 0.350. The minimum absolute atomic E-state index is 0.112. The number of halogens is 2. The fourth-order valence-corrected chi connectivity index (χ4v) is 4.90. The van der Waals surface area contributed by atoms with Crippen LogP contribution in [0.3, 0.4) is 0 Å². The number of ether oxygens (including phenoxy) is 1. The molecule has 2 heterocycles. The summed E-state index contributed by atoms with van der Waals surface area (Å²) in [6.45, 7) is 1.80. The highest BCUT2D eigenvalue weighted by Gasteiger charge is 2.34. The molecule has 1 N–H and O–H groups in total. The summed E-state index contributed by atoms with van der Waals surface area (Å²) >= 11 is 11.9. The first kappa shape index (κ1) is 23.5. The van der Waals surface area contributed by atoms with E-state index in [1.807, 2.05) is 0 Å². The smallest absolute Gasteiger partial charge is 0.309 e. The Labute approximate surface area is 190 Å². The Morgan fingerprint density at radius 2 is 1.94 bits per heavy atom. The quantitative estimate of drug-likeness (QED) is 0.628. The van der Waals surface area contributed by atoms with Gasteiger partial charge < -0.3 is 10.1 Å². The van der Waals surface area contributed by atoms with Gasteiger partial charge in [0.25, 0.3) is 5.91 Å². The molecule has 166 valence electrons.